The van der Waals surface area contributed by atoms with Crippen molar-refractivity contribution in [3.63, 3.8) is 0 Å². The van der Waals surface area contributed by atoms with E-state index in [2.05, 4.69) is 144 Å². The lowest BCUT2D eigenvalue weighted by Crippen LogP contribution is -1.94. The molecule has 2 heterocycles. The zero-order chi connectivity index (χ0) is 26.2. The van der Waals surface area contributed by atoms with Crippen LogP contribution >= 0.6 is 11.8 Å². The Bertz CT molecular complexity index is 2290. The second-order valence-electron chi connectivity index (χ2n) is 10.5. The van der Waals surface area contributed by atoms with Gasteiger partial charge in [-0.2, -0.15) is 0 Å². The molecule has 0 bridgehead atoms. The average molecular weight is 526 g/mol. The van der Waals surface area contributed by atoms with Crippen molar-refractivity contribution in [1.29, 1.82) is 0 Å². The number of aromatic nitrogens is 1. The van der Waals surface area contributed by atoms with E-state index < -0.39 is 0 Å². The zero-order valence-corrected chi connectivity index (χ0v) is 22.5. The predicted molar refractivity (Wildman–Crippen MR) is 171 cm³/mol. The quantitative estimate of drug-likeness (QED) is 0.217. The normalized spacial score (nSPS) is 12.4. The van der Waals surface area contributed by atoms with Crippen molar-refractivity contribution < 1.29 is 0 Å². The van der Waals surface area contributed by atoms with E-state index in [-0.39, 0.29) is 0 Å². The molecule has 0 fully saturated rings. The summed E-state index contributed by atoms with van der Waals surface area (Å²) in [7, 11) is 0. The van der Waals surface area contributed by atoms with E-state index in [0.29, 0.717) is 0 Å². The predicted octanol–water partition coefficient (Wildman–Crippen LogP) is 10.9. The van der Waals surface area contributed by atoms with Crippen LogP contribution in [0.15, 0.2) is 149 Å². The monoisotopic (exact) mass is 525 g/mol. The maximum Gasteiger partial charge on any atom is 0.0547 e. The maximum absolute atomic E-state index is 2.43. The number of para-hydroxylation sites is 1. The third-order valence-corrected chi connectivity index (χ3v) is 9.52. The van der Waals surface area contributed by atoms with Crippen molar-refractivity contribution >= 4 is 55.1 Å². The summed E-state index contributed by atoms with van der Waals surface area (Å²) in [5, 5.41) is 7.85. The molecule has 8 aromatic rings. The molecule has 1 nitrogen and oxygen atoms in total. The van der Waals surface area contributed by atoms with Crippen LogP contribution in [0.5, 0.6) is 0 Å². The van der Waals surface area contributed by atoms with Gasteiger partial charge in [-0.15, -0.1) is 0 Å². The van der Waals surface area contributed by atoms with Crippen LogP contribution in [0.25, 0.3) is 71.3 Å². The minimum atomic E-state index is 1.18. The molecule has 0 saturated heterocycles. The fourth-order valence-electron chi connectivity index (χ4n) is 6.72. The van der Waals surface area contributed by atoms with Gasteiger partial charge in [-0.3, -0.25) is 0 Å². The molecule has 0 amide bonds. The maximum atomic E-state index is 2.43. The molecule has 0 atom stereocenters. The van der Waals surface area contributed by atoms with Crippen molar-refractivity contribution in [2.45, 2.75) is 9.79 Å². The molecular weight excluding hydrogens is 502 g/mol. The van der Waals surface area contributed by atoms with Crippen LogP contribution in [-0.4, -0.2) is 4.57 Å². The number of hydrogen-bond acceptors (Lipinski definition) is 1. The molecule has 0 spiro atoms. The van der Waals surface area contributed by atoms with Gasteiger partial charge in [-0.25, -0.2) is 0 Å². The summed E-state index contributed by atoms with van der Waals surface area (Å²) in [5.41, 5.74) is 8.86. The largest absolute Gasteiger partial charge is 0.309 e. The molecule has 1 aromatic heterocycles. The SMILES string of the molecule is c1ccc(-n2c3cccc(-c4ccc5c6c(cccc46)-c4ccccc4S5)c3c3c4ccccc4ccc32)cc1. The van der Waals surface area contributed by atoms with Crippen LogP contribution in [0.1, 0.15) is 0 Å². The molecule has 1 aliphatic rings. The van der Waals surface area contributed by atoms with E-state index in [9.17, 15) is 0 Å². The average Bonchev–Trinajstić information content (AvgIpc) is 3.37. The number of nitrogens with zero attached hydrogens (tertiary/aromatic N) is 1. The van der Waals surface area contributed by atoms with E-state index in [1.54, 1.807) is 0 Å². The fraction of sp³-hybridized carbons (Fsp3) is 0. The van der Waals surface area contributed by atoms with Gasteiger partial charge in [0.2, 0.25) is 0 Å². The number of benzene rings is 7. The lowest BCUT2D eigenvalue weighted by Gasteiger charge is -2.22. The van der Waals surface area contributed by atoms with E-state index in [1.807, 2.05) is 11.8 Å². The van der Waals surface area contributed by atoms with Gasteiger partial charge in [0, 0.05) is 31.6 Å². The molecule has 1 aliphatic heterocycles. The molecule has 0 saturated carbocycles. The second-order valence-corrected chi connectivity index (χ2v) is 11.6. The van der Waals surface area contributed by atoms with Crippen molar-refractivity contribution in [3.05, 3.63) is 140 Å². The number of hydrogen-bond donors (Lipinski definition) is 0. The number of fused-ring (bicyclic) bond motifs is 7. The summed E-state index contributed by atoms with van der Waals surface area (Å²) in [6.45, 7) is 0. The van der Waals surface area contributed by atoms with Crippen LogP contribution in [0.4, 0.5) is 0 Å². The Morgan fingerprint density at radius 2 is 1.07 bits per heavy atom. The summed E-state index contributed by atoms with van der Waals surface area (Å²) in [4.78, 5) is 2.66. The van der Waals surface area contributed by atoms with Gasteiger partial charge in [0.1, 0.15) is 0 Å². The van der Waals surface area contributed by atoms with Crippen LogP contribution in [0, 0.1) is 0 Å². The van der Waals surface area contributed by atoms with Crippen LogP contribution in [-0.2, 0) is 0 Å². The van der Waals surface area contributed by atoms with Gasteiger partial charge >= 0.3 is 0 Å². The minimum absolute atomic E-state index is 1.18. The Balaban J connectivity index is 1.44. The van der Waals surface area contributed by atoms with Gasteiger partial charge in [-0.05, 0) is 74.8 Å². The summed E-state index contributed by atoms with van der Waals surface area (Å²) in [5.74, 6) is 0. The van der Waals surface area contributed by atoms with Crippen molar-refractivity contribution in [1.82, 2.24) is 4.57 Å². The van der Waals surface area contributed by atoms with Gasteiger partial charge in [-0.1, -0.05) is 115 Å². The van der Waals surface area contributed by atoms with Crippen LogP contribution in [0.3, 0.4) is 0 Å². The van der Waals surface area contributed by atoms with Crippen LogP contribution < -0.4 is 0 Å². The molecule has 0 unspecified atom stereocenters. The highest BCUT2D eigenvalue weighted by Crippen LogP contribution is 2.51. The zero-order valence-electron chi connectivity index (χ0n) is 21.6. The highest BCUT2D eigenvalue weighted by molar-refractivity contribution is 7.99. The third-order valence-electron chi connectivity index (χ3n) is 8.39. The summed E-state index contributed by atoms with van der Waals surface area (Å²) >= 11 is 1.88. The van der Waals surface area contributed by atoms with Crippen LogP contribution in [0.2, 0.25) is 0 Å². The molecule has 0 radical (unpaired) electrons. The lowest BCUT2D eigenvalue weighted by molar-refractivity contribution is 1.18. The Labute approximate surface area is 236 Å². The van der Waals surface area contributed by atoms with Gasteiger partial charge in [0.15, 0.2) is 0 Å². The highest BCUT2D eigenvalue weighted by Gasteiger charge is 2.23. The highest BCUT2D eigenvalue weighted by atomic mass is 32.2. The van der Waals surface area contributed by atoms with Crippen molar-refractivity contribution in [2.75, 3.05) is 0 Å². The molecule has 186 valence electrons. The first kappa shape index (κ1) is 22.1. The first-order valence-electron chi connectivity index (χ1n) is 13.7. The minimum Gasteiger partial charge on any atom is -0.309 e. The molecule has 9 rings (SSSR count). The summed E-state index contributed by atoms with van der Waals surface area (Å²) in [6.07, 6.45) is 0. The van der Waals surface area contributed by atoms with Gasteiger partial charge in [0.05, 0.1) is 11.0 Å². The Kier molecular flexibility index (Phi) is 4.61. The fourth-order valence-corrected chi connectivity index (χ4v) is 7.85. The number of rotatable bonds is 2. The summed E-state index contributed by atoms with van der Waals surface area (Å²) in [6, 6.07) is 51.2. The molecule has 0 N–H and O–H groups in total. The Hall–Kier alpha value is -4.79. The first-order valence-corrected chi connectivity index (χ1v) is 14.5. The van der Waals surface area contributed by atoms with Gasteiger partial charge in [0.25, 0.3) is 0 Å². The third kappa shape index (κ3) is 3.00. The van der Waals surface area contributed by atoms with E-state index in [4.69, 9.17) is 0 Å². The van der Waals surface area contributed by atoms with E-state index in [0.717, 1.165) is 0 Å². The molecular formula is C38H23NS. The topological polar surface area (TPSA) is 4.93 Å². The first-order chi connectivity index (χ1) is 19.9. The van der Waals surface area contributed by atoms with Gasteiger partial charge < -0.3 is 4.57 Å². The lowest BCUT2D eigenvalue weighted by atomic mass is 9.90. The van der Waals surface area contributed by atoms with E-state index in [1.165, 1.54) is 81.1 Å². The van der Waals surface area contributed by atoms with Crippen molar-refractivity contribution in [2.24, 2.45) is 0 Å². The molecule has 7 aromatic carbocycles. The Morgan fingerprint density at radius 1 is 0.375 bits per heavy atom. The molecule has 2 heteroatoms. The second kappa shape index (κ2) is 8.35. The van der Waals surface area contributed by atoms with Crippen molar-refractivity contribution in [3.8, 4) is 27.9 Å². The standard InChI is InChI=1S/C38H23NS/c1-2-11-25(12-3-1)39-32-18-9-17-30(38(32)37-26-13-5-4-10-24(26)20-22-33(37)39)27-21-23-35-36-29(27)15-8-16-31(36)28-14-6-7-19-34(28)40-35/h1-23H. The smallest absolute Gasteiger partial charge is 0.0547 e. The Morgan fingerprint density at radius 3 is 2.00 bits per heavy atom. The molecule has 40 heavy (non-hydrogen) atoms. The summed E-state index contributed by atoms with van der Waals surface area (Å²) < 4.78 is 2.43. The molecule has 0 aliphatic carbocycles. The van der Waals surface area contributed by atoms with E-state index >= 15 is 0 Å².